The minimum atomic E-state index is -0.493. The SMILES string of the molecule is O=C1[C@H]2C3c4ccccc4C(c4ccccc43)[C@@H]2C(=O)N1/N=C/c1ccc(O)cc1O. The molecule has 0 saturated carbocycles. The average Bonchev–Trinajstić information content (AvgIpc) is 3.04. The molecule has 2 amide bonds. The Morgan fingerprint density at radius 1 is 0.742 bits per heavy atom. The molecule has 4 aliphatic rings. The normalized spacial score (nSPS) is 25.6. The van der Waals surface area contributed by atoms with Gasteiger partial charge < -0.3 is 10.2 Å². The standard InChI is InChI=1S/C25H18N2O4/c28-14-10-9-13(19(29)11-14)12-26-27-24(30)22-20-15-5-1-2-6-16(15)21(23(22)25(27)31)18-8-4-3-7-17(18)20/h1-12,20-23,28-29H/b26-12+/t20?,21?,22-,23-/m0/s1. The van der Waals surface area contributed by atoms with Crippen LogP contribution in [-0.2, 0) is 9.59 Å². The van der Waals surface area contributed by atoms with E-state index in [1.54, 1.807) is 0 Å². The van der Waals surface area contributed by atoms with Crippen molar-refractivity contribution in [2.75, 3.05) is 0 Å². The van der Waals surface area contributed by atoms with Crippen LogP contribution in [0.4, 0.5) is 0 Å². The smallest absolute Gasteiger partial charge is 0.254 e. The predicted octanol–water partition coefficient (Wildman–Crippen LogP) is 3.32. The molecular weight excluding hydrogens is 392 g/mol. The first-order valence-electron chi connectivity index (χ1n) is 10.2. The van der Waals surface area contributed by atoms with Crippen molar-refractivity contribution in [2.24, 2.45) is 16.9 Å². The molecule has 2 bridgehead atoms. The van der Waals surface area contributed by atoms with Gasteiger partial charge >= 0.3 is 0 Å². The molecule has 1 saturated heterocycles. The van der Waals surface area contributed by atoms with Gasteiger partial charge in [0.15, 0.2) is 0 Å². The van der Waals surface area contributed by atoms with Crippen LogP contribution in [0.5, 0.6) is 11.5 Å². The molecule has 0 aromatic heterocycles. The van der Waals surface area contributed by atoms with Crippen LogP contribution in [0, 0.1) is 11.8 Å². The van der Waals surface area contributed by atoms with E-state index in [9.17, 15) is 19.8 Å². The second-order valence-corrected chi connectivity index (χ2v) is 8.24. The Morgan fingerprint density at radius 3 is 1.68 bits per heavy atom. The summed E-state index contributed by atoms with van der Waals surface area (Å²) in [5, 5.41) is 24.6. The Hall–Kier alpha value is -3.93. The van der Waals surface area contributed by atoms with Gasteiger partial charge in [-0.3, -0.25) is 9.59 Å². The zero-order valence-electron chi connectivity index (χ0n) is 16.3. The Balaban J connectivity index is 1.45. The lowest BCUT2D eigenvalue weighted by molar-refractivity contribution is -0.139. The van der Waals surface area contributed by atoms with Crippen LogP contribution in [0.1, 0.15) is 39.7 Å². The van der Waals surface area contributed by atoms with Crippen LogP contribution in [-0.4, -0.2) is 33.3 Å². The number of hydrogen-bond donors (Lipinski definition) is 2. The summed E-state index contributed by atoms with van der Waals surface area (Å²) in [6, 6.07) is 20.2. The van der Waals surface area contributed by atoms with Gasteiger partial charge in [-0.15, -0.1) is 0 Å². The van der Waals surface area contributed by atoms with E-state index >= 15 is 0 Å². The molecule has 152 valence electrons. The second kappa shape index (κ2) is 6.28. The number of phenolic OH excluding ortho intramolecular Hbond substituents is 2. The molecule has 1 heterocycles. The van der Waals surface area contributed by atoms with Crippen LogP contribution in [0.2, 0.25) is 0 Å². The molecule has 31 heavy (non-hydrogen) atoms. The first kappa shape index (κ1) is 17.9. The molecule has 6 heteroatoms. The average molecular weight is 410 g/mol. The molecule has 1 aliphatic heterocycles. The molecule has 0 spiro atoms. The van der Waals surface area contributed by atoms with Crippen molar-refractivity contribution in [3.63, 3.8) is 0 Å². The van der Waals surface area contributed by atoms with Crippen LogP contribution in [0.25, 0.3) is 0 Å². The topological polar surface area (TPSA) is 90.2 Å². The third-order valence-electron chi connectivity index (χ3n) is 6.75. The lowest BCUT2D eigenvalue weighted by Crippen LogP contribution is -2.41. The number of phenols is 2. The summed E-state index contributed by atoms with van der Waals surface area (Å²) in [6.07, 6.45) is 1.28. The summed E-state index contributed by atoms with van der Waals surface area (Å²) in [5.41, 5.74) is 4.74. The highest BCUT2D eigenvalue weighted by Gasteiger charge is 2.61. The Morgan fingerprint density at radius 2 is 1.23 bits per heavy atom. The van der Waals surface area contributed by atoms with Crippen molar-refractivity contribution in [3.8, 4) is 11.5 Å². The van der Waals surface area contributed by atoms with Crippen LogP contribution in [0.3, 0.4) is 0 Å². The molecule has 3 aromatic rings. The fraction of sp³-hybridized carbons (Fsp3) is 0.160. The summed E-state index contributed by atoms with van der Waals surface area (Å²) >= 11 is 0. The number of nitrogens with zero attached hydrogens (tertiary/aromatic N) is 2. The highest BCUT2D eigenvalue weighted by atomic mass is 16.3. The van der Waals surface area contributed by atoms with E-state index in [4.69, 9.17) is 0 Å². The summed E-state index contributed by atoms with van der Waals surface area (Å²) in [5.74, 6) is -2.24. The number of aromatic hydroxyl groups is 2. The van der Waals surface area contributed by atoms with E-state index in [0.29, 0.717) is 5.56 Å². The van der Waals surface area contributed by atoms with Gasteiger partial charge in [-0.05, 0) is 34.4 Å². The van der Waals surface area contributed by atoms with E-state index in [1.807, 2.05) is 24.3 Å². The van der Waals surface area contributed by atoms with Gasteiger partial charge in [-0.25, -0.2) is 0 Å². The number of hydrazone groups is 1. The quantitative estimate of drug-likeness (QED) is 0.501. The van der Waals surface area contributed by atoms with Crippen molar-refractivity contribution in [3.05, 3.63) is 94.5 Å². The van der Waals surface area contributed by atoms with Gasteiger partial charge in [0, 0.05) is 23.5 Å². The van der Waals surface area contributed by atoms with Gasteiger partial charge in [-0.1, -0.05) is 48.5 Å². The van der Waals surface area contributed by atoms with Gasteiger partial charge in [0.25, 0.3) is 11.8 Å². The third kappa shape index (κ3) is 2.36. The number of hydrogen-bond acceptors (Lipinski definition) is 5. The first-order valence-corrected chi connectivity index (χ1v) is 10.2. The number of carbonyl (C=O) groups is 2. The molecule has 3 aromatic carbocycles. The number of carbonyl (C=O) groups excluding carboxylic acids is 2. The minimum absolute atomic E-state index is 0.0823. The maximum Gasteiger partial charge on any atom is 0.254 e. The van der Waals surface area contributed by atoms with Crippen molar-refractivity contribution in [1.82, 2.24) is 5.01 Å². The number of amides is 2. The predicted molar refractivity (Wildman–Crippen MR) is 113 cm³/mol. The number of benzene rings is 3. The molecule has 2 N–H and O–H groups in total. The summed E-state index contributed by atoms with van der Waals surface area (Å²) in [7, 11) is 0. The monoisotopic (exact) mass is 410 g/mol. The van der Waals surface area contributed by atoms with Gasteiger partial charge in [-0.2, -0.15) is 10.1 Å². The minimum Gasteiger partial charge on any atom is -0.508 e. The molecule has 6 nitrogen and oxygen atoms in total. The molecule has 0 unspecified atom stereocenters. The van der Waals surface area contributed by atoms with Crippen molar-refractivity contribution in [1.29, 1.82) is 0 Å². The summed E-state index contributed by atoms with van der Waals surface area (Å²) < 4.78 is 0. The zero-order chi connectivity index (χ0) is 21.3. The lowest BCUT2D eigenvalue weighted by atomic mass is 9.55. The maximum absolute atomic E-state index is 13.4. The van der Waals surface area contributed by atoms with E-state index in [1.165, 1.54) is 24.4 Å². The van der Waals surface area contributed by atoms with Crippen molar-refractivity contribution >= 4 is 18.0 Å². The first-order chi connectivity index (χ1) is 15.1. The van der Waals surface area contributed by atoms with E-state index in [2.05, 4.69) is 29.4 Å². The maximum atomic E-state index is 13.4. The highest BCUT2D eigenvalue weighted by Crippen LogP contribution is 2.60. The van der Waals surface area contributed by atoms with Gasteiger partial charge in [0.05, 0.1) is 18.1 Å². The van der Waals surface area contributed by atoms with E-state index in [0.717, 1.165) is 27.3 Å². The Kier molecular flexibility index (Phi) is 3.63. The molecule has 2 atom stereocenters. The molecule has 0 radical (unpaired) electrons. The second-order valence-electron chi connectivity index (χ2n) is 8.24. The number of rotatable bonds is 2. The molecular formula is C25H18N2O4. The summed E-state index contributed by atoms with van der Waals surface area (Å²) in [6.45, 7) is 0. The number of imide groups is 1. The molecule has 3 aliphatic carbocycles. The van der Waals surface area contributed by atoms with Gasteiger partial charge in [0.2, 0.25) is 0 Å². The van der Waals surface area contributed by atoms with Crippen LogP contribution < -0.4 is 0 Å². The fourth-order valence-electron chi connectivity index (χ4n) is 5.54. The highest BCUT2D eigenvalue weighted by molar-refractivity contribution is 6.08. The van der Waals surface area contributed by atoms with Crippen molar-refractivity contribution in [2.45, 2.75) is 11.8 Å². The van der Waals surface area contributed by atoms with Crippen LogP contribution in [0.15, 0.2) is 71.8 Å². The van der Waals surface area contributed by atoms with Gasteiger partial charge in [0.1, 0.15) is 11.5 Å². The summed E-state index contributed by atoms with van der Waals surface area (Å²) in [4.78, 5) is 26.8. The Bertz CT molecular complexity index is 1180. The zero-order valence-corrected chi connectivity index (χ0v) is 16.3. The Labute approximate surface area is 178 Å². The molecule has 7 rings (SSSR count). The van der Waals surface area contributed by atoms with E-state index < -0.39 is 11.8 Å². The fourth-order valence-corrected chi connectivity index (χ4v) is 5.54. The third-order valence-corrected chi connectivity index (χ3v) is 6.75. The van der Waals surface area contributed by atoms with Crippen molar-refractivity contribution < 1.29 is 19.8 Å². The largest absolute Gasteiger partial charge is 0.508 e. The lowest BCUT2D eigenvalue weighted by Gasteiger charge is -2.45. The molecule has 1 fully saturated rings. The van der Waals surface area contributed by atoms with E-state index in [-0.39, 0.29) is 35.1 Å². The van der Waals surface area contributed by atoms with Crippen LogP contribution >= 0.6 is 0 Å².